The molecule has 3 heterocycles. The van der Waals surface area contributed by atoms with E-state index in [2.05, 4.69) is 20.8 Å². The molecule has 8 nitrogen and oxygen atoms in total. The van der Waals surface area contributed by atoms with Crippen LogP contribution < -0.4 is 10.6 Å². The molecule has 134 valence electrons. The van der Waals surface area contributed by atoms with Crippen molar-refractivity contribution in [1.82, 2.24) is 15.1 Å². The van der Waals surface area contributed by atoms with E-state index in [-0.39, 0.29) is 29.0 Å². The van der Waals surface area contributed by atoms with Crippen molar-refractivity contribution in [1.29, 1.82) is 0 Å². The smallest absolute Gasteiger partial charge is 0.271 e. The molecule has 0 aliphatic carbocycles. The van der Waals surface area contributed by atoms with Gasteiger partial charge in [-0.1, -0.05) is 12.1 Å². The summed E-state index contributed by atoms with van der Waals surface area (Å²) >= 11 is 0. The van der Waals surface area contributed by atoms with Gasteiger partial charge < -0.3 is 15.5 Å². The molecule has 2 aliphatic heterocycles. The second-order valence-corrected chi connectivity index (χ2v) is 6.72. The van der Waals surface area contributed by atoms with Crippen molar-refractivity contribution in [3.63, 3.8) is 0 Å². The summed E-state index contributed by atoms with van der Waals surface area (Å²) in [6.45, 7) is 2.28. The average molecular weight is 353 g/mol. The molecule has 1 spiro atoms. The lowest BCUT2D eigenvalue weighted by Gasteiger charge is -2.44. The molecule has 1 fully saturated rings. The van der Waals surface area contributed by atoms with Crippen LogP contribution in [0.25, 0.3) is 0 Å². The van der Waals surface area contributed by atoms with E-state index in [4.69, 9.17) is 0 Å². The van der Waals surface area contributed by atoms with Crippen molar-refractivity contribution >= 4 is 29.0 Å². The first-order valence-electron chi connectivity index (χ1n) is 8.53. The van der Waals surface area contributed by atoms with Crippen LogP contribution in [-0.2, 0) is 4.79 Å². The Morgan fingerprint density at radius 3 is 2.50 bits per heavy atom. The van der Waals surface area contributed by atoms with Gasteiger partial charge in [-0.05, 0) is 31.0 Å². The molecule has 26 heavy (non-hydrogen) atoms. The van der Waals surface area contributed by atoms with Gasteiger partial charge in [0.2, 0.25) is 5.91 Å². The van der Waals surface area contributed by atoms with Gasteiger partial charge in [0, 0.05) is 20.0 Å². The maximum atomic E-state index is 12.6. The maximum Gasteiger partial charge on any atom is 0.271 e. The molecule has 0 atom stereocenters. The summed E-state index contributed by atoms with van der Waals surface area (Å²) in [5.74, 6) is -0.472. The number of nitrogens with zero attached hydrogens (tertiary/aromatic N) is 2. The van der Waals surface area contributed by atoms with Crippen LogP contribution in [0.5, 0.6) is 0 Å². The van der Waals surface area contributed by atoms with Crippen molar-refractivity contribution in [2.75, 3.05) is 23.7 Å². The van der Waals surface area contributed by atoms with Crippen LogP contribution >= 0.6 is 0 Å². The average Bonchev–Trinajstić information content (AvgIpc) is 3.13. The zero-order valence-electron chi connectivity index (χ0n) is 14.3. The molecule has 1 aromatic heterocycles. The van der Waals surface area contributed by atoms with E-state index >= 15 is 0 Å². The number of ketones is 1. The van der Waals surface area contributed by atoms with Crippen LogP contribution in [-0.4, -0.2) is 51.3 Å². The van der Waals surface area contributed by atoms with Crippen LogP contribution in [0.2, 0.25) is 0 Å². The lowest BCUT2D eigenvalue weighted by atomic mass is 9.84. The lowest BCUT2D eigenvalue weighted by Crippen LogP contribution is -2.59. The monoisotopic (exact) mass is 353 g/mol. The van der Waals surface area contributed by atoms with Gasteiger partial charge in [-0.2, -0.15) is 5.10 Å². The van der Waals surface area contributed by atoms with Crippen LogP contribution in [0.4, 0.5) is 11.4 Å². The molecule has 0 bridgehead atoms. The van der Waals surface area contributed by atoms with Gasteiger partial charge in [0.25, 0.3) is 5.91 Å². The normalized spacial score (nSPS) is 18.0. The molecule has 3 N–H and O–H groups in total. The van der Waals surface area contributed by atoms with Crippen molar-refractivity contribution in [2.24, 2.45) is 0 Å². The highest BCUT2D eigenvalue weighted by Crippen LogP contribution is 2.36. The fourth-order valence-corrected chi connectivity index (χ4v) is 3.48. The van der Waals surface area contributed by atoms with Gasteiger partial charge in [0.15, 0.2) is 5.78 Å². The number of carbonyl (C=O) groups excluding carboxylic acids is 3. The zero-order valence-corrected chi connectivity index (χ0v) is 14.3. The molecule has 1 aromatic carbocycles. The van der Waals surface area contributed by atoms with Crippen LogP contribution in [0.1, 0.15) is 40.7 Å². The highest BCUT2D eigenvalue weighted by atomic mass is 16.2. The van der Waals surface area contributed by atoms with E-state index in [0.29, 0.717) is 25.9 Å². The van der Waals surface area contributed by atoms with E-state index < -0.39 is 5.54 Å². The predicted octanol–water partition coefficient (Wildman–Crippen LogP) is 1.65. The second kappa shape index (κ2) is 5.98. The van der Waals surface area contributed by atoms with E-state index in [0.717, 1.165) is 11.4 Å². The van der Waals surface area contributed by atoms with Crippen LogP contribution in [0.15, 0.2) is 30.3 Å². The van der Waals surface area contributed by atoms with Crippen LogP contribution in [0.3, 0.4) is 0 Å². The number of H-pyrrole nitrogens is 1. The topological polar surface area (TPSA) is 107 Å². The molecule has 8 heteroatoms. The summed E-state index contributed by atoms with van der Waals surface area (Å²) in [6.07, 6.45) is 1.01. The fraction of sp³-hybridized carbons (Fsp3) is 0.333. The predicted molar refractivity (Wildman–Crippen MR) is 95.2 cm³/mol. The lowest BCUT2D eigenvalue weighted by molar-refractivity contribution is -0.122. The third-order valence-corrected chi connectivity index (χ3v) is 5.06. The quantitative estimate of drug-likeness (QED) is 0.712. The first-order chi connectivity index (χ1) is 12.5. The number of para-hydroxylation sites is 2. The number of amides is 2. The van der Waals surface area contributed by atoms with Crippen molar-refractivity contribution in [2.45, 2.75) is 25.3 Å². The molecule has 2 amide bonds. The van der Waals surface area contributed by atoms with E-state index in [1.54, 1.807) is 4.90 Å². The Bertz CT molecular complexity index is 896. The van der Waals surface area contributed by atoms with Gasteiger partial charge in [-0.25, -0.2) is 0 Å². The summed E-state index contributed by atoms with van der Waals surface area (Å²) in [5.41, 5.74) is 1.50. The minimum atomic E-state index is -0.705. The third-order valence-electron chi connectivity index (χ3n) is 5.06. The van der Waals surface area contributed by atoms with Crippen LogP contribution in [0, 0.1) is 0 Å². The summed E-state index contributed by atoms with van der Waals surface area (Å²) < 4.78 is 0. The van der Waals surface area contributed by atoms with E-state index in [1.807, 2.05) is 24.3 Å². The maximum absolute atomic E-state index is 12.6. The summed E-state index contributed by atoms with van der Waals surface area (Å²) in [7, 11) is 0. The highest BCUT2D eigenvalue weighted by Gasteiger charge is 2.45. The minimum absolute atomic E-state index is 0.0660. The largest absolute Gasteiger partial charge is 0.369 e. The van der Waals surface area contributed by atoms with Crippen molar-refractivity contribution < 1.29 is 14.4 Å². The number of aromatic nitrogens is 2. The Morgan fingerprint density at radius 1 is 1.15 bits per heavy atom. The van der Waals surface area contributed by atoms with Gasteiger partial charge in [-0.3, -0.25) is 19.5 Å². The number of piperidine rings is 1. The minimum Gasteiger partial charge on any atom is -0.369 e. The molecular formula is C18H19N5O3. The Labute approximate surface area is 150 Å². The number of nitrogens with one attached hydrogen (secondary N) is 3. The number of carbonyl (C=O) groups is 3. The number of anilines is 2. The van der Waals surface area contributed by atoms with Crippen molar-refractivity contribution in [3.05, 3.63) is 41.7 Å². The first kappa shape index (κ1) is 16.3. The molecule has 0 unspecified atom stereocenters. The Hall–Kier alpha value is -3.16. The number of Topliss-reactive ketones (excluding diaryl/α,β-unsaturated/α-hetero) is 1. The number of hydrogen-bond acceptors (Lipinski definition) is 5. The van der Waals surface area contributed by atoms with Crippen molar-refractivity contribution in [3.8, 4) is 0 Å². The number of aromatic amines is 1. The Morgan fingerprint density at radius 2 is 1.85 bits per heavy atom. The van der Waals surface area contributed by atoms with E-state index in [1.165, 1.54) is 13.0 Å². The molecule has 0 saturated carbocycles. The third kappa shape index (κ3) is 2.63. The number of fused-ring (bicyclic) bond motifs is 1. The summed E-state index contributed by atoms with van der Waals surface area (Å²) in [4.78, 5) is 38.3. The molecule has 4 rings (SSSR count). The standard InChI is InChI=1S/C18H19N5O3/c1-11(24)14-10-15(22-21-14)16(25)23-8-6-18(7-9-23)17(26)19-12-4-2-3-5-13(12)20-18/h2-5,10,20H,6-9H2,1H3,(H,19,26)(H,21,22). The second-order valence-electron chi connectivity index (χ2n) is 6.72. The Kier molecular flexibility index (Phi) is 3.75. The molecular weight excluding hydrogens is 334 g/mol. The first-order valence-corrected chi connectivity index (χ1v) is 8.53. The fourth-order valence-electron chi connectivity index (χ4n) is 3.48. The molecule has 0 radical (unpaired) electrons. The summed E-state index contributed by atoms with van der Waals surface area (Å²) in [6, 6.07) is 9.05. The number of benzene rings is 1. The van der Waals surface area contributed by atoms with Gasteiger partial charge in [-0.15, -0.1) is 0 Å². The zero-order chi connectivity index (χ0) is 18.3. The van der Waals surface area contributed by atoms with Gasteiger partial charge >= 0.3 is 0 Å². The number of hydrogen-bond donors (Lipinski definition) is 3. The summed E-state index contributed by atoms with van der Waals surface area (Å²) in [5, 5.41) is 12.8. The van der Waals surface area contributed by atoms with Gasteiger partial charge in [0.05, 0.1) is 11.4 Å². The molecule has 2 aliphatic rings. The molecule has 2 aromatic rings. The SMILES string of the molecule is CC(=O)c1cc(C(=O)N2CCC3(CC2)Nc2ccccc2NC3=O)[nH]n1. The molecule has 1 saturated heterocycles. The van der Waals surface area contributed by atoms with Gasteiger partial charge in [0.1, 0.15) is 16.9 Å². The Balaban J connectivity index is 1.47. The number of likely N-dealkylation sites (tertiary alicyclic amines) is 1. The number of rotatable bonds is 2. The highest BCUT2D eigenvalue weighted by molar-refractivity contribution is 6.06. The van der Waals surface area contributed by atoms with E-state index in [9.17, 15) is 14.4 Å².